The Hall–Kier alpha value is -2.56. The van der Waals surface area contributed by atoms with Gasteiger partial charge in [0.2, 0.25) is 11.8 Å². The van der Waals surface area contributed by atoms with E-state index >= 15 is 0 Å². The Kier molecular flexibility index (Phi) is 5.57. The summed E-state index contributed by atoms with van der Waals surface area (Å²) < 4.78 is 5.25. The number of amides is 2. The third-order valence-electron chi connectivity index (χ3n) is 3.49. The molecule has 0 aliphatic carbocycles. The molecule has 0 fully saturated rings. The maximum absolute atomic E-state index is 12.1. The van der Waals surface area contributed by atoms with Crippen LogP contribution in [0.25, 0.3) is 0 Å². The van der Waals surface area contributed by atoms with Gasteiger partial charge < -0.3 is 14.6 Å². The van der Waals surface area contributed by atoms with E-state index in [9.17, 15) is 9.59 Å². The zero-order chi connectivity index (χ0) is 16.8. The van der Waals surface area contributed by atoms with Gasteiger partial charge in [-0.1, -0.05) is 6.07 Å². The summed E-state index contributed by atoms with van der Waals surface area (Å²) in [6, 6.07) is 9.50. The van der Waals surface area contributed by atoms with E-state index in [0.29, 0.717) is 18.8 Å². The van der Waals surface area contributed by atoms with Crippen molar-refractivity contribution in [3.05, 3.63) is 53.5 Å². The number of carbonyl (C=O) groups excluding carboxylic acids is 2. The maximum atomic E-state index is 12.1. The van der Waals surface area contributed by atoms with Crippen molar-refractivity contribution in [3.8, 4) is 0 Å². The second kappa shape index (κ2) is 7.63. The molecule has 2 aromatic rings. The first kappa shape index (κ1) is 16.8. The van der Waals surface area contributed by atoms with Crippen molar-refractivity contribution in [1.29, 1.82) is 0 Å². The molecule has 0 unspecified atom stereocenters. The Morgan fingerprint density at radius 1 is 1.17 bits per heavy atom. The van der Waals surface area contributed by atoms with Crippen molar-refractivity contribution >= 4 is 17.5 Å². The third-order valence-corrected chi connectivity index (χ3v) is 3.49. The second-order valence-corrected chi connectivity index (χ2v) is 5.69. The molecule has 0 bridgehead atoms. The molecule has 1 aromatic heterocycles. The van der Waals surface area contributed by atoms with Crippen LogP contribution >= 0.6 is 0 Å². The minimum Gasteiger partial charge on any atom is -0.467 e. The number of rotatable bonds is 6. The lowest BCUT2D eigenvalue weighted by Gasteiger charge is -2.19. The third kappa shape index (κ3) is 5.29. The summed E-state index contributed by atoms with van der Waals surface area (Å²) in [6.07, 6.45) is 1.81. The minimum atomic E-state index is -0.110. The van der Waals surface area contributed by atoms with Crippen LogP contribution in [0.1, 0.15) is 30.2 Å². The van der Waals surface area contributed by atoms with Gasteiger partial charge in [-0.05, 0) is 49.2 Å². The maximum Gasteiger partial charge on any atom is 0.226 e. The fourth-order valence-electron chi connectivity index (χ4n) is 2.45. The highest BCUT2D eigenvalue weighted by Gasteiger charge is 2.13. The van der Waals surface area contributed by atoms with Crippen LogP contribution < -0.4 is 5.32 Å². The van der Waals surface area contributed by atoms with Crippen LogP contribution in [0.3, 0.4) is 0 Å². The van der Waals surface area contributed by atoms with Crippen molar-refractivity contribution in [3.63, 3.8) is 0 Å². The first-order chi connectivity index (χ1) is 10.9. The molecule has 1 aromatic carbocycles. The molecule has 2 amide bonds. The first-order valence-electron chi connectivity index (χ1n) is 7.60. The van der Waals surface area contributed by atoms with Crippen LogP contribution in [0.5, 0.6) is 0 Å². The molecule has 0 spiro atoms. The largest absolute Gasteiger partial charge is 0.467 e. The van der Waals surface area contributed by atoms with Crippen LogP contribution in [0.4, 0.5) is 5.69 Å². The van der Waals surface area contributed by atoms with E-state index in [2.05, 4.69) is 11.4 Å². The topological polar surface area (TPSA) is 62.6 Å². The van der Waals surface area contributed by atoms with Gasteiger partial charge in [-0.3, -0.25) is 9.59 Å². The molecule has 5 heteroatoms. The van der Waals surface area contributed by atoms with E-state index < -0.39 is 0 Å². The SMILES string of the molecule is CC(=O)N(CCC(=O)Nc1cc(C)cc(C)c1)Cc1ccco1. The number of carbonyl (C=O) groups is 2. The van der Waals surface area contributed by atoms with Gasteiger partial charge >= 0.3 is 0 Å². The van der Waals surface area contributed by atoms with Gasteiger partial charge in [0.1, 0.15) is 5.76 Å². The minimum absolute atomic E-state index is 0.0828. The van der Waals surface area contributed by atoms with Crippen molar-refractivity contribution in [2.24, 2.45) is 0 Å². The van der Waals surface area contributed by atoms with E-state index in [1.54, 1.807) is 17.2 Å². The standard InChI is InChI=1S/C18H22N2O3/c1-13-9-14(2)11-16(10-13)19-18(22)6-7-20(15(3)21)12-17-5-4-8-23-17/h4-5,8-11H,6-7,12H2,1-3H3,(H,19,22). The average Bonchev–Trinajstić information content (AvgIpc) is 2.94. The van der Waals surface area contributed by atoms with Crippen LogP contribution in [0.2, 0.25) is 0 Å². The molecule has 122 valence electrons. The first-order valence-corrected chi connectivity index (χ1v) is 7.60. The normalized spacial score (nSPS) is 10.4. The molecule has 0 atom stereocenters. The van der Waals surface area contributed by atoms with Crippen molar-refractivity contribution < 1.29 is 14.0 Å². The molecule has 2 rings (SSSR count). The number of aryl methyl sites for hydroxylation is 2. The van der Waals surface area contributed by atoms with E-state index in [1.165, 1.54) is 6.92 Å². The summed E-state index contributed by atoms with van der Waals surface area (Å²) in [7, 11) is 0. The fraction of sp³-hybridized carbons (Fsp3) is 0.333. The van der Waals surface area contributed by atoms with Crippen molar-refractivity contribution in [2.45, 2.75) is 33.7 Å². The lowest BCUT2D eigenvalue weighted by atomic mass is 10.1. The van der Waals surface area contributed by atoms with Gasteiger partial charge in [-0.2, -0.15) is 0 Å². The van der Waals surface area contributed by atoms with Gasteiger partial charge in [-0.25, -0.2) is 0 Å². The molecule has 0 saturated carbocycles. The number of hydrogen-bond donors (Lipinski definition) is 1. The van der Waals surface area contributed by atoms with Gasteiger partial charge in [0, 0.05) is 25.6 Å². The quantitative estimate of drug-likeness (QED) is 0.890. The summed E-state index contributed by atoms with van der Waals surface area (Å²) in [5.41, 5.74) is 2.99. The molecule has 5 nitrogen and oxygen atoms in total. The summed E-state index contributed by atoms with van der Waals surface area (Å²) in [6.45, 7) is 6.20. The van der Waals surface area contributed by atoms with Gasteiger partial charge in [-0.15, -0.1) is 0 Å². The highest BCUT2D eigenvalue weighted by Crippen LogP contribution is 2.14. The molecule has 0 saturated heterocycles. The van der Waals surface area contributed by atoms with E-state index in [4.69, 9.17) is 4.42 Å². The van der Waals surface area contributed by atoms with Crippen LogP contribution in [0.15, 0.2) is 41.0 Å². The van der Waals surface area contributed by atoms with Gasteiger partial charge in [0.15, 0.2) is 0 Å². The number of benzene rings is 1. The number of nitrogens with zero attached hydrogens (tertiary/aromatic N) is 1. The van der Waals surface area contributed by atoms with Crippen molar-refractivity contribution in [1.82, 2.24) is 4.90 Å². The lowest BCUT2D eigenvalue weighted by Crippen LogP contribution is -2.31. The average molecular weight is 314 g/mol. The molecule has 0 radical (unpaired) electrons. The highest BCUT2D eigenvalue weighted by atomic mass is 16.3. The van der Waals surface area contributed by atoms with Crippen LogP contribution in [0, 0.1) is 13.8 Å². The zero-order valence-corrected chi connectivity index (χ0v) is 13.8. The molecule has 23 heavy (non-hydrogen) atoms. The molecular formula is C18H22N2O3. The number of anilines is 1. The van der Waals surface area contributed by atoms with Crippen molar-refractivity contribution in [2.75, 3.05) is 11.9 Å². The molecule has 1 N–H and O–H groups in total. The number of furan rings is 1. The predicted octanol–water partition coefficient (Wildman–Crippen LogP) is 3.27. The molecular weight excluding hydrogens is 292 g/mol. The molecule has 0 aliphatic heterocycles. The Morgan fingerprint density at radius 2 is 1.87 bits per heavy atom. The summed E-state index contributed by atoms with van der Waals surface area (Å²) in [5, 5.41) is 2.88. The summed E-state index contributed by atoms with van der Waals surface area (Å²) in [4.78, 5) is 25.4. The molecule has 0 aliphatic rings. The smallest absolute Gasteiger partial charge is 0.226 e. The van der Waals surface area contributed by atoms with Crippen LogP contribution in [-0.2, 0) is 16.1 Å². The Morgan fingerprint density at radius 3 is 2.43 bits per heavy atom. The number of nitrogens with one attached hydrogen (secondary N) is 1. The fourth-order valence-corrected chi connectivity index (χ4v) is 2.45. The second-order valence-electron chi connectivity index (χ2n) is 5.69. The van der Waals surface area contributed by atoms with E-state index in [1.807, 2.05) is 32.0 Å². The predicted molar refractivity (Wildman–Crippen MR) is 89.0 cm³/mol. The monoisotopic (exact) mass is 314 g/mol. The Bertz CT molecular complexity index is 657. The highest BCUT2D eigenvalue weighted by molar-refractivity contribution is 5.91. The Balaban J connectivity index is 1.89. The van der Waals surface area contributed by atoms with Crippen LogP contribution in [-0.4, -0.2) is 23.3 Å². The number of hydrogen-bond acceptors (Lipinski definition) is 3. The van der Waals surface area contributed by atoms with Gasteiger partial charge in [0.25, 0.3) is 0 Å². The summed E-state index contributed by atoms with van der Waals surface area (Å²) in [5.74, 6) is 0.510. The molecule has 1 heterocycles. The Labute approximate surface area is 136 Å². The lowest BCUT2D eigenvalue weighted by molar-refractivity contribution is -0.130. The van der Waals surface area contributed by atoms with E-state index in [-0.39, 0.29) is 18.2 Å². The zero-order valence-electron chi connectivity index (χ0n) is 13.8. The summed E-state index contributed by atoms with van der Waals surface area (Å²) >= 11 is 0. The van der Waals surface area contributed by atoms with Gasteiger partial charge in [0.05, 0.1) is 12.8 Å². The van der Waals surface area contributed by atoms with E-state index in [0.717, 1.165) is 16.8 Å².